The number of methoxy groups -OCH3 is 1. The van der Waals surface area contributed by atoms with E-state index in [-0.39, 0.29) is 11.8 Å². The molecule has 1 unspecified atom stereocenters. The maximum Gasteiger partial charge on any atom is 0.454 e. The number of amidine groups is 1. The number of thiophene rings is 1. The lowest BCUT2D eigenvalue weighted by Crippen LogP contribution is -2.39. The second-order valence-corrected chi connectivity index (χ2v) is 10.8. The maximum atomic E-state index is 12.9. The van der Waals surface area contributed by atoms with Crippen molar-refractivity contribution in [3.05, 3.63) is 70.1 Å². The summed E-state index contributed by atoms with van der Waals surface area (Å²) in [6.07, 6.45) is 2.08. The molecule has 0 spiro atoms. The predicted molar refractivity (Wildman–Crippen MR) is 133 cm³/mol. The number of phenolic OH excluding ortho intramolecular Hbond substituents is 1. The van der Waals surface area contributed by atoms with Crippen LogP contribution in [0.1, 0.15) is 22.0 Å². The molecule has 0 aliphatic carbocycles. The van der Waals surface area contributed by atoms with Crippen LogP contribution < -0.4 is 4.74 Å². The van der Waals surface area contributed by atoms with E-state index in [4.69, 9.17) is 25.4 Å². The minimum absolute atomic E-state index is 0.0149. The van der Waals surface area contributed by atoms with E-state index >= 15 is 0 Å². The summed E-state index contributed by atoms with van der Waals surface area (Å²) in [4.78, 5) is 2.92. The Bertz CT molecular complexity index is 1280. The fraction of sp³-hybridized carbons (Fsp3) is 0.261. The van der Waals surface area contributed by atoms with Crippen molar-refractivity contribution >= 4 is 46.6 Å². The van der Waals surface area contributed by atoms with Crippen molar-refractivity contribution in [2.45, 2.75) is 19.0 Å². The molecule has 0 radical (unpaired) electrons. The number of fused-ring (bicyclic) bond motifs is 2. The highest BCUT2D eigenvalue weighted by atomic mass is 35.5. The summed E-state index contributed by atoms with van der Waals surface area (Å²) in [6, 6.07) is 11.0. The Morgan fingerprint density at radius 3 is 2.67 bits per heavy atom. The molecule has 1 atom stereocenters. The van der Waals surface area contributed by atoms with Crippen molar-refractivity contribution in [1.82, 2.24) is 4.90 Å². The zero-order chi connectivity index (χ0) is 23.8. The van der Waals surface area contributed by atoms with Crippen LogP contribution >= 0.6 is 30.7 Å². The molecule has 7 nitrogen and oxygen atoms in total. The molecule has 0 bridgehead atoms. The lowest BCUT2D eigenvalue weighted by Gasteiger charge is -2.38. The van der Waals surface area contributed by atoms with E-state index in [1.165, 1.54) is 21.3 Å². The van der Waals surface area contributed by atoms with Crippen LogP contribution in [0.4, 0.5) is 0 Å². The third kappa shape index (κ3) is 4.42. The third-order valence-corrected chi connectivity index (χ3v) is 8.71. The SMILES string of the molecule is C=CC1c2cc(OC)c(O)cc2C/C(=N/P(=O)(OC)OC)N1Cc1sc2ccccc2c1Cl. The summed E-state index contributed by atoms with van der Waals surface area (Å²) < 4.78 is 33.9. The molecule has 174 valence electrons. The number of benzene rings is 2. The number of hydrogen-bond donors (Lipinski definition) is 1. The third-order valence-electron chi connectivity index (χ3n) is 5.61. The first-order valence-electron chi connectivity index (χ1n) is 10.1. The standard InChI is InChI=1S/C23H24ClN2O5PS/c1-5-17-16-12-19(29-2)18(27)10-14(16)11-22(25-32(28,30-3)31-4)26(17)13-21-23(24)15-8-6-7-9-20(15)33-21/h5-10,12,17,27H,1,11,13H2,2-4H3/b25-22-. The quantitative estimate of drug-likeness (QED) is 0.297. The molecule has 1 aliphatic heterocycles. The fourth-order valence-electron chi connectivity index (χ4n) is 3.97. The molecule has 0 saturated heterocycles. The minimum Gasteiger partial charge on any atom is -0.504 e. The van der Waals surface area contributed by atoms with Crippen LogP contribution in [0, 0.1) is 0 Å². The molecule has 1 N–H and O–H groups in total. The molecule has 0 amide bonds. The van der Waals surface area contributed by atoms with E-state index < -0.39 is 7.75 Å². The highest BCUT2D eigenvalue weighted by Gasteiger charge is 2.34. The molecule has 2 aromatic carbocycles. The van der Waals surface area contributed by atoms with Crippen molar-refractivity contribution in [1.29, 1.82) is 0 Å². The van der Waals surface area contributed by atoms with Crippen LogP contribution in [-0.4, -0.2) is 37.2 Å². The van der Waals surface area contributed by atoms with E-state index in [9.17, 15) is 9.67 Å². The predicted octanol–water partition coefficient (Wildman–Crippen LogP) is 6.35. The Morgan fingerprint density at radius 2 is 2.03 bits per heavy atom. The van der Waals surface area contributed by atoms with Crippen molar-refractivity contribution in [3.63, 3.8) is 0 Å². The summed E-state index contributed by atoms with van der Waals surface area (Å²) in [6.45, 7) is 4.43. The Morgan fingerprint density at radius 1 is 1.30 bits per heavy atom. The first-order chi connectivity index (χ1) is 15.8. The second kappa shape index (κ2) is 9.49. The number of nitrogens with zero attached hydrogens (tertiary/aromatic N) is 2. The Balaban J connectivity index is 1.87. The number of rotatable bonds is 7. The zero-order valence-corrected chi connectivity index (χ0v) is 20.9. The van der Waals surface area contributed by atoms with Gasteiger partial charge in [0, 0.05) is 35.6 Å². The maximum absolute atomic E-state index is 12.9. The Kier molecular flexibility index (Phi) is 6.84. The highest BCUT2D eigenvalue weighted by Crippen LogP contribution is 2.50. The van der Waals surface area contributed by atoms with Crippen LogP contribution in [0.15, 0.2) is 53.8 Å². The molecule has 0 fully saturated rings. The van der Waals surface area contributed by atoms with Crippen LogP contribution in [0.3, 0.4) is 0 Å². The van der Waals surface area contributed by atoms with E-state index in [0.29, 0.717) is 29.6 Å². The minimum atomic E-state index is -3.71. The Labute approximate surface area is 201 Å². The van der Waals surface area contributed by atoms with Gasteiger partial charge < -0.3 is 14.7 Å². The lowest BCUT2D eigenvalue weighted by molar-refractivity contribution is 0.274. The molecule has 10 heteroatoms. The van der Waals surface area contributed by atoms with Gasteiger partial charge in [0.1, 0.15) is 5.84 Å². The van der Waals surface area contributed by atoms with Gasteiger partial charge in [-0.05, 0) is 29.3 Å². The molecule has 33 heavy (non-hydrogen) atoms. The normalized spacial score (nSPS) is 17.4. The van der Waals surface area contributed by atoms with Gasteiger partial charge in [-0.2, -0.15) is 4.76 Å². The Hall–Kier alpha value is -2.35. The molecule has 1 aromatic heterocycles. The number of hydrogen-bond acceptors (Lipinski definition) is 6. The van der Waals surface area contributed by atoms with Crippen LogP contribution in [0.25, 0.3) is 10.1 Å². The first-order valence-corrected chi connectivity index (χ1v) is 12.8. The van der Waals surface area contributed by atoms with E-state index in [1.54, 1.807) is 29.5 Å². The molecule has 0 saturated carbocycles. The number of halogens is 1. The molecule has 1 aliphatic rings. The van der Waals surface area contributed by atoms with E-state index in [0.717, 1.165) is 26.1 Å². The average Bonchev–Trinajstić information content (AvgIpc) is 3.14. The number of ether oxygens (including phenoxy) is 1. The largest absolute Gasteiger partial charge is 0.504 e. The van der Waals surface area contributed by atoms with Gasteiger partial charge in [0.05, 0.1) is 24.7 Å². The lowest BCUT2D eigenvalue weighted by atomic mass is 9.91. The molecule has 4 rings (SSSR count). The van der Waals surface area contributed by atoms with Gasteiger partial charge >= 0.3 is 7.75 Å². The van der Waals surface area contributed by atoms with Gasteiger partial charge in [0.25, 0.3) is 0 Å². The summed E-state index contributed by atoms with van der Waals surface area (Å²) in [7, 11) is 0.373. The molecule has 2 heterocycles. The van der Waals surface area contributed by atoms with E-state index in [2.05, 4.69) is 11.3 Å². The van der Waals surface area contributed by atoms with Gasteiger partial charge in [0.2, 0.25) is 0 Å². The molecule has 3 aromatic rings. The van der Waals surface area contributed by atoms with Crippen LogP contribution in [0.2, 0.25) is 5.02 Å². The monoisotopic (exact) mass is 506 g/mol. The van der Waals surface area contributed by atoms with E-state index in [1.807, 2.05) is 29.2 Å². The van der Waals surface area contributed by atoms with Gasteiger partial charge in [-0.15, -0.1) is 17.9 Å². The highest BCUT2D eigenvalue weighted by molar-refractivity contribution is 7.52. The number of aromatic hydroxyl groups is 1. The fourth-order valence-corrected chi connectivity index (χ4v) is 6.25. The summed E-state index contributed by atoms with van der Waals surface area (Å²) >= 11 is 8.33. The summed E-state index contributed by atoms with van der Waals surface area (Å²) in [5, 5.41) is 12.0. The summed E-state index contributed by atoms with van der Waals surface area (Å²) in [5.74, 6) is 0.860. The van der Waals surface area contributed by atoms with Crippen molar-refractivity contribution in [2.75, 3.05) is 21.3 Å². The molecular formula is C23H24ClN2O5PS. The summed E-state index contributed by atoms with van der Waals surface area (Å²) in [5.41, 5.74) is 1.72. The van der Waals surface area contributed by atoms with Gasteiger partial charge in [-0.3, -0.25) is 9.05 Å². The van der Waals surface area contributed by atoms with Crippen molar-refractivity contribution < 1.29 is 23.5 Å². The van der Waals surface area contributed by atoms with Gasteiger partial charge in [0.15, 0.2) is 11.5 Å². The number of phenols is 1. The first kappa shape index (κ1) is 23.8. The van der Waals surface area contributed by atoms with Gasteiger partial charge in [-0.1, -0.05) is 35.9 Å². The van der Waals surface area contributed by atoms with Crippen LogP contribution in [0.5, 0.6) is 11.5 Å². The topological polar surface area (TPSA) is 80.6 Å². The smallest absolute Gasteiger partial charge is 0.454 e. The average molecular weight is 507 g/mol. The van der Waals surface area contributed by atoms with Gasteiger partial charge in [-0.25, -0.2) is 4.57 Å². The van der Waals surface area contributed by atoms with Crippen molar-refractivity contribution in [2.24, 2.45) is 4.76 Å². The zero-order valence-electron chi connectivity index (χ0n) is 18.4. The van der Waals surface area contributed by atoms with Crippen molar-refractivity contribution in [3.8, 4) is 11.5 Å². The van der Waals surface area contributed by atoms with Crippen LogP contribution in [-0.2, 0) is 26.6 Å². The molecular weight excluding hydrogens is 483 g/mol. The second-order valence-electron chi connectivity index (χ2n) is 7.39.